The molecule has 0 aromatic carbocycles. The molecule has 3 rings (SSSR count). The van der Waals surface area contributed by atoms with Gasteiger partial charge in [-0.2, -0.15) is 0 Å². The average Bonchev–Trinajstić information content (AvgIpc) is 3.18. The van der Waals surface area contributed by atoms with Gasteiger partial charge in [-0.25, -0.2) is 4.98 Å². The van der Waals surface area contributed by atoms with E-state index in [9.17, 15) is 4.79 Å². The first kappa shape index (κ1) is 19.6. The van der Waals surface area contributed by atoms with Crippen molar-refractivity contribution in [1.82, 2.24) is 20.1 Å². The number of carbonyl (C=O) groups is 1. The first-order chi connectivity index (χ1) is 13.2. The highest BCUT2D eigenvalue weighted by molar-refractivity contribution is 5.90. The third kappa shape index (κ3) is 5.64. The van der Waals surface area contributed by atoms with Crippen LogP contribution in [0.3, 0.4) is 0 Å². The molecule has 2 fully saturated rings. The number of nitrogens with zero attached hydrogens (tertiary/aromatic N) is 4. The molecule has 148 valence electrons. The lowest BCUT2D eigenvalue weighted by Gasteiger charge is -2.32. The number of aromatic nitrogens is 1. The van der Waals surface area contributed by atoms with Crippen LogP contribution in [-0.4, -0.2) is 85.7 Å². The summed E-state index contributed by atoms with van der Waals surface area (Å²) in [4.78, 5) is 25.5. The van der Waals surface area contributed by atoms with Crippen LogP contribution in [0.2, 0.25) is 0 Å². The highest BCUT2D eigenvalue weighted by atomic mass is 16.5. The Hall–Kier alpha value is -2.19. The van der Waals surface area contributed by atoms with Crippen molar-refractivity contribution in [3.63, 3.8) is 0 Å². The zero-order valence-corrected chi connectivity index (χ0v) is 16.3. The van der Waals surface area contributed by atoms with Crippen LogP contribution < -0.4 is 10.6 Å². The first-order valence-electron chi connectivity index (χ1n) is 9.65. The predicted molar refractivity (Wildman–Crippen MR) is 106 cm³/mol. The minimum Gasteiger partial charge on any atom is -0.379 e. The summed E-state index contributed by atoms with van der Waals surface area (Å²) in [6, 6.07) is 4.31. The number of hydrogen-bond donors (Lipinski definition) is 2. The van der Waals surface area contributed by atoms with Gasteiger partial charge in [0, 0.05) is 58.4 Å². The summed E-state index contributed by atoms with van der Waals surface area (Å²) in [5.41, 5.74) is 1.07. The first-order valence-corrected chi connectivity index (χ1v) is 9.65. The Morgan fingerprint density at radius 1 is 1.33 bits per heavy atom. The van der Waals surface area contributed by atoms with Gasteiger partial charge in [-0.1, -0.05) is 6.07 Å². The highest BCUT2D eigenvalue weighted by Crippen LogP contribution is 2.17. The van der Waals surface area contributed by atoms with E-state index in [4.69, 9.17) is 4.74 Å². The van der Waals surface area contributed by atoms with Crippen molar-refractivity contribution in [1.29, 1.82) is 0 Å². The van der Waals surface area contributed by atoms with E-state index in [0.717, 1.165) is 57.3 Å². The van der Waals surface area contributed by atoms with Gasteiger partial charge in [-0.15, -0.1) is 0 Å². The molecule has 2 aliphatic rings. The van der Waals surface area contributed by atoms with E-state index < -0.39 is 0 Å². The standard InChI is InChI=1S/C19H30N6O2/c1-15-3-4-17(22-13-15)23-18(26)5-7-21-19(20-2)25-8-6-16(14-25)24-9-11-27-12-10-24/h3-4,13,16H,5-12,14H2,1-2H3,(H,20,21)(H,22,23,26). The topological polar surface area (TPSA) is 82.1 Å². The molecule has 2 aliphatic heterocycles. The number of aliphatic imine (C=N–C) groups is 1. The van der Waals surface area contributed by atoms with Crippen molar-refractivity contribution < 1.29 is 9.53 Å². The fraction of sp³-hybridized carbons (Fsp3) is 0.632. The molecule has 27 heavy (non-hydrogen) atoms. The van der Waals surface area contributed by atoms with Crippen LogP contribution in [0.5, 0.6) is 0 Å². The van der Waals surface area contributed by atoms with Gasteiger partial charge in [-0.3, -0.25) is 14.7 Å². The van der Waals surface area contributed by atoms with Crippen molar-refractivity contribution in [2.45, 2.75) is 25.8 Å². The van der Waals surface area contributed by atoms with Crippen LogP contribution in [0.25, 0.3) is 0 Å². The summed E-state index contributed by atoms with van der Waals surface area (Å²) in [6.07, 6.45) is 3.25. The summed E-state index contributed by atoms with van der Waals surface area (Å²) < 4.78 is 5.44. The largest absolute Gasteiger partial charge is 0.379 e. The molecule has 1 aromatic heterocycles. The van der Waals surface area contributed by atoms with Crippen molar-refractivity contribution in [2.75, 3.05) is 58.3 Å². The lowest BCUT2D eigenvalue weighted by molar-refractivity contribution is -0.116. The Morgan fingerprint density at radius 2 is 2.15 bits per heavy atom. The van der Waals surface area contributed by atoms with Gasteiger partial charge in [-0.05, 0) is 25.0 Å². The number of guanidine groups is 1. The number of nitrogens with one attached hydrogen (secondary N) is 2. The van der Waals surface area contributed by atoms with Gasteiger partial charge >= 0.3 is 0 Å². The summed E-state index contributed by atoms with van der Waals surface area (Å²) in [5, 5.41) is 6.13. The van der Waals surface area contributed by atoms with Crippen LogP contribution in [0, 0.1) is 6.92 Å². The number of amides is 1. The molecule has 3 heterocycles. The zero-order valence-electron chi connectivity index (χ0n) is 16.3. The number of carbonyl (C=O) groups excluding carboxylic acids is 1. The van der Waals surface area contributed by atoms with E-state index in [0.29, 0.717) is 24.8 Å². The molecule has 1 atom stereocenters. The lowest BCUT2D eigenvalue weighted by atomic mass is 10.2. The van der Waals surface area contributed by atoms with Gasteiger partial charge in [0.2, 0.25) is 5.91 Å². The van der Waals surface area contributed by atoms with E-state index in [1.165, 1.54) is 0 Å². The number of likely N-dealkylation sites (tertiary alicyclic amines) is 1. The SMILES string of the molecule is CN=C(NCCC(=O)Nc1ccc(C)cn1)N1CCC(N2CCOCC2)C1. The van der Waals surface area contributed by atoms with Crippen molar-refractivity contribution >= 4 is 17.7 Å². The second kappa shape index (κ2) is 9.66. The van der Waals surface area contributed by atoms with Crippen LogP contribution in [0.15, 0.2) is 23.3 Å². The fourth-order valence-electron chi connectivity index (χ4n) is 3.54. The van der Waals surface area contributed by atoms with E-state index in [1.807, 2.05) is 19.1 Å². The third-order valence-electron chi connectivity index (χ3n) is 5.05. The third-order valence-corrected chi connectivity index (χ3v) is 5.05. The Kier molecular flexibility index (Phi) is 7.00. The summed E-state index contributed by atoms with van der Waals surface area (Å²) in [7, 11) is 1.79. The molecule has 2 saturated heterocycles. The van der Waals surface area contributed by atoms with E-state index >= 15 is 0 Å². The molecule has 2 N–H and O–H groups in total. The predicted octanol–water partition coefficient (Wildman–Crippen LogP) is 0.701. The maximum Gasteiger partial charge on any atom is 0.227 e. The lowest BCUT2D eigenvalue weighted by Crippen LogP contribution is -2.47. The van der Waals surface area contributed by atoms with E-state index in [1.54, 1.807) is 13.2 Å². The van der Waals surface area contributed by atoms with E-state index in [-0.39, 0.29) is 5.91 Å². The van der Waals surface area contributed by atoms with E-state index in [2.05, 4.69) is 30.4 Å². The van der Waals surface area contributed by atoms with Gasteiger partial charge in [0.25, 0.3) is 0 Å². The smallest absolute Gasteiger partial charge is 0.227 e. The van der Waals surface area contributed by atoms with Gasteiger partial charge in [0.1, 0.15) is 5.82 Å². The molecule has 8 nitrogen and oxygen atoms in total. The number of pyridine rings is 1. The van der Waals surface area contributed by atoms with Crippen LogP contribution in [-0.2, 0) is 9.53 Å². The zero-order chi connectivity index (χ0) is 19.1. The normalized spacial score (nSPS) is 21.3. The summed E-state index contributed by atoms with van der Waals surface area (Å²) in [6.45, 7) is 8.15. The van der Waals surface area contributed by atoms with Gasteiger partial charge in [0.15, 0.2) is 5.96 Å². The summed E-state index contributed by atoms with van der Waals surface area (Å²) >= 11 is 0. The molecule has 0 spiro atoms. The number of morpholine rings is 1. The molecule has 8 heteroatoms. The number of hydrogen-bond acceptors (Lipinski definition) is 5. The molecule has 1 unspecified atom stereocenters. The molecule has 0 aliphatic carbocycles. The molecule has 0 radical (unpaired) electrons. The molecule has 0 bridgehead atoms. The highest BCUT2D eigenvalue weighted by Gasteiger charge is 2.30. The van der Waals surface area contributed by atoms with Gasteiger partial charge in [0.05, 0.1) is 13.2 Å². The Labute approximate surface area is 161 Å². The maximum atomic E-state index is 12.1. The quantitative estimate of drug-likeness (QED) is 0.583. The second-order valence-corrected chi connectivity index (χ2v) is 7.03. The molecule has 1 aromatic rings. The number of anilines is 1. The molecule has 1 amide bonds. The Balaban J connectivity index is 1.40. The van der Waals surface area contributed by atoms with Crippen LogP contribution >= 0.6 is 0 Å². The minimum absolute atomic E-state index is 0.0538. The number of aryl methyl sites for hydroxylation is 1. The Morgan fingerprint density at radius 3 is 2.85 bits per heavy atom. The Bertz CT molecular complexity index is 642. The number of ether oxygens (including phenoxy) is 1. The summed E-state index contributed by atoms with van der Waals surface area (Å²) in [5.74, 6) is 1.40. The molecule has 0 saturated carbocycles. The monoisotopic (exact) mass is 374 g/mol. The fourth-order valence-corrected chi connectivity index (χ4v) is 3.54. The maximum absolute atomic E-state index is 12.1. The van der Waals surface area contributed by atoms with Gasteiger partial charge < -0.3 is 20.3 Å². The second-order valence-electron chi connectivity index (χ2n) is 7.03. The molecular weight excluding hydrogens is 344 g/mol. The van der Waals surface area contributed by atoms with Crippen molar-refractivity contribution in [3.8, 4) is 0 Å². The minimum atomic E-state index is -0.0538. The van der Waals surface area contributed by atoms with Crippen LogP contribution in [0.4, 0.5) is 5.82 Å². The molecular formula is C19H30N6O2. The van der Waals surface area contributed by atoms with Crippen molar-refractivity contribution in [3.05, 3.63) is 23.9 Å². The average molecular weight is 374 g/mol. The van der Waals surface area contributed by atoms with Crippen molar-refractivity contribution in [2.24, 2.45) is 4.99 Å². The van der Waals surface area contributed by atoms with Crippen LogP contribution in [0.1, 0.15) is 18.4 Å². The number of rotatable bonds is 5.